The zero-order valence-corrected chi connectivity index (χ0v) is 14.4. The summed E-state index contributed by atoms with van der Waals surface area (Å²) in [6.45, 7) is 0.222. The van der Waals surface area contributed by atoms with Gasteiger partial charge < -0.3 is 15.2 Å². The molecule has 0 aliphatic carbocycles. The number of benzene rings is 2. The lowest BCUT2D eigenvalue weighted by molar-refractivity contribution is -0.137. The first-order valence-electron chi connectivity index (χ1n) is 8.49. The average Bonchev–Trinajstić information content (AvgIpc) is 2.64. The van der Waals surface area contributed by atoms with Crippen molar-refractivity contribution in [1.82, 2.24) is 5.32 Å². The van der Waals surface area contributed by atoms with Gasteiger partial charge in [0.1, 0.15) is 0 Å². The molecule has 1 amide bonds. The summed E-state index contributed by atoms with van der Waals surface area (Å²) in [6.07, 6.45) is 0.929. The largest absolute Gasteiger partial charge is 0.491 e. The summed E-state index contributed by atoms with van der Waals surface area (Å²) >= 11 is 0. The van der Waals surface area contributed by atoms with Gasteiger partial charge in [0.2, 0.25) is 5.91 Å². The number of amides is 1. The fourth-order valence-corrected chi connectivity index (χ4v) is 2.52. The molecule has 0 aromatic heterocycles. The Labute approximate surface area is 151 Å². The van der Waals surface area contributed by atoms with Crippen LogP contribution in [0.15, 0.2) is 54.6 Å². The molecular weight excluding hydrogens is 337 g/mol. The van der Waals surface area contributed by atoms with Crippen LogP contribution in [0.25, 0.3) is 0 Å². The summed E-state index contributed by atoms with van der Waals surface area (Å²) < 4.78 is 18.8. The topological polar surface area (TPSA) is 75.6 Å². The number of hydrogen-bond donors (Lipinski definition) is 2. The number of halogens is 1. The Morgan fingerprint density at radius 2 is 1.73 bits per heavy atom. The van der Waals surface area contributed by atoms with E-state index in [1.54, 1.807) is 12.1 Å². The molecule has 0 spiro atoms. The number of carboxylic acid groups (broad SMARTS) is 1. The van der Waals surface area contributed by atoms with Crippen LogP contribution in [0.3, 0.4) is 0 Å². The lowest BCUT2D eigenvalue weighted by Gasteiger charge is -2.18. The van der Waals surface area contributed by atoms with Gasteiger partial charge in [-0.15, -0.1) is 0 Å². The fourth-order valence-electron chi connectivity index (χ4n) is 2.52. The van der Waals surface area contributed by atoms with Crippen LogP contribution in [0.5, 0.6) is 5.75 Å². The number of nitrogens with one attached hydrogen (secondary N) is 1. The molecule has 5 nitrogen and oxygen atoms in total. The molecule has 2 aromatic rings. The number of hydrogen-bond acceptors (Lipinski definition) is 3. The molecule has 0 heterocycles. The van der Waals surface area contributed by atoms with Gasteiger partial charge in [-0.2, -0.15) is 0 Å². The van der Waals surface area contributed by atoms with Gasteiger partial charge in [0.25, 0.3) is 0 Å². The first-order valence-corrected chi connectivity index (χ1v) is 8.49. The van der Waals surface area contributed by atoms with E-state index in [0.29, 0.717) is 12.8 Å². The van der Waals surface area contributed by atoms with Gasteiger partial charge in [-0.05, 0) is 30.5 Å². The first-order chi connectivity index (χ1) is 12.6. The second-order valence-electron chi connectivity index (χ2n) is 5.85. The van der Waals surface area contributed by atoms with Crippen molar-refractivity contribution in [2.24, 2.45) is 0 Å². The molecule has 6 heteroatoms. The fraction of sp³-hybridized carbons (Fsp3) is 0.300. The summed E-state index contributed by atoms with van der Waals surface area (Å²) in [4.78, 5) is 23.0. The Kier molecular flexibility index (Phi) is 7.61. The van der Waals surface area contributed by atoms with E-state index in [-0.39, 0.29) is 37.1 Å². The minimum absolute atomic E-state index is 0.0315. The van der Waals surface area contributed by atoms with E-state index < -0.39 is 11.8 Å². The van der Waals surface area contributed by atoms with Gasteiger partial charge in [0, 0.05) is 12.8 Å². The van der Waals surface area contributed by atoms with Crippen LogP contribution in [0.1, 0.15) is 37.3 Å². The van der Waals surface area contributed by atoms with Crippen LogP contribution in [-0.4, -0.2) is 23.6 Å². The van der Waals surface area contributed by atoms with Crippen molar-refractivity contribution in [3.63, 3.8) is 0 Å². The molecule has 26 heavy (non-hydrogen) atoms. The molecule has 0 saturated heterocycles. The van der Waals surface area contributed by atoms with Gasteiger partial charge >= 0.3 is 5.97 Å². The molecule has 1 unspecified atom stereocenters. The Morgan fingerprint density at radius 1 is 1.04 bits per heavy atom. The van der Waals surface area contributed by atoms with Gasteiger partial charge in [0.05, 0.1) is 12.6 Å². The molecule has 0 bridgehead atoms. The third-order valence-corrected chi connectivity index (χ3v) is 3.83. The van der Waals surface area contributed by atoms with Gasteiger partial charge in [-0.3, -0.25) is 9.59 Å². The lowest BCUT2D eigenvalue weighted by atomic mass is 10.0. The molecule has 0 saturated carbocycles. The van der Waals surface area contributed by atoms with Crippen molar-refractivity contribution < 1.29 is 23.8 Å². The maximum atomic E-state index is 13.4. The molecule has 138 valence electrons. The smallest absolute Gasteiger partial charge is 0.303 e. The number of rotatable bonds is 10. The van der Waals surface area contributed by atoms with Crippen LogP contribution in [-0.2, 0) is 9.59 Å². The molecule has 0 fully saturated rings. The molecule has 0 aliphatic heterocycles. The van der Waals surface area contributed by atoms with Crippen LogP contribution in [0.4, 0.5) is 4.39 Å². The molecular formula is C20H22FNO4. The maximum absolute atomic E-state index is 13.4. The summed E-state index contributed by atoms with van der Waals surface area (Å²) in [5.41, 5.74) is 0.865. The Morgan fingerprint density at radius 3 is 2.42 bits per heavy atom. The number of aliphatic carboxylic acids is 1. The van der Waals surface area contributed by atoms with Crippen molar-refractivity contribution in [2.45, 2.75) is 31.7 Å². The van der Waals surface area contributed by atoms with E-state index in [1.807, 2.05) is 30.3 Å². The molecule has 1 atom stereocenters. The summed E-state index contributed by atoms with van der Waals surface area (Å²) in [5, 5.41) is 11.8. The van der Waals surface area contributed by atoms with E-state index in [9.17, 15) is 14.0 Å². The van der Waals surface area contributed by atoms with Crippen molar-refractivity contribution in [1.29, 1.82) is 0 Å². The highest BCUT2D eigenvalue weighted by molar-refractivity contribution is 5.76. The van der Waals surface area contributed by atoms with E-state index >= 15 is 0 Å². The van der Waals surface area contributed by atoms with E-state index in [4.69, 9.17) is 9.84 Å². The zero-order chi connectivity index (χ0) is 18.8. The second kappa shape index (κ2) is 10.2. The molecule has 0 aliphatic rings. The zero-order valence-electron chi connectivity index (χ0n) is 14.4. The Bertz CT molecular complexity index is 721. The van der Waals surface area contributed by atoms with Crippen LogP contribution in [0, 0.1) is 5.82 Å². The molecule has 0 radical (unpaired) electrons. The summed E-state index contributed by atoms with van der Waals surface area (Å²) in [6, 6.07) is 15.0. The monoisotopic (exact) mass is 359 g/mol. The predicted molar refractivity (Wildman–Crippen MR) is 95.3 cm³/mol. The third-order valence-electron chi connectivity index (χ3n) is 3.83. The SMILES string of the molecule is O=C(O)CCC(NC(=O)CCCOc1ccccc1F)c1ccccc1. The number of carbonyl (C=O) groups excluding carboxylic acids is 1. The minimum atomic E-state index is -0.904. The Balaban J connectivity index is 1.81. The average molecular weight is 359 g/mol. The van der Waals surface area contributed by atoms with Gasteiger partial charge in [-0.25, -0.2) is 4.39 Å². The van der Waals surface area contributed by atoms with E-state index in [0.717, 1.165) is 5.56 Å². The number of para-hydroxylation sites is 1. The summed E-state index contributed by atoms with van der Waals surface area (Å²) in [5.74, 6) is -1.37. The van der Waals surface area contributed by atoms with Crippen molar-refractivity contribution in [3.05, 3.63) is 66.0 Å². The quantitative estimate of drug-likeness (QED) is 0.634. The summed E-state index contributed by atoms with van der Waals surface area (Å²) in [7, 11) is 0. The van der Waals surface area contributed by atoms with Crippen LogP contribution < -0.4 is 10.1 Å². The van der Waals surface area contributed by atoms with Gasteiger partial charge in [0.15, 0.2) is 11.6 Å². The normalized spacial score (nSPS) is 11.6. The highest BCUT2D eigenvalue weighted by Gasteiger charge is 2.15. The van der Waals surface area contributed by atoms with Crippen LogP contribution >= 0.6 is 0 Å². The number of ether oxygens (including phenoxy) is 1. The number of carbonyl (C=O) groups is 2. The number of carboxylic acids is 1. The molecule has 2 rings (SSSR count). The highest BCUT2D eigenvalue weighted by Crippen LogP contribution is 2.19. The Hall–Kier alpha value is -2.89. The minimum Gasteiger partial charge on any atom is -0.491 e. The second-order valence-corrected chi connectivity index (χ2v) is 5.85. The van der Waals surface area contributed by atoms with Gasteiger partial charge in [-0.1, -0.05) is 42.5 Å². The standard InChI is InChI=1S/C20H22FNO4/c21-16-9-4-5-10-18(16)26-14-6-11-19(23)22-17(12-13-20(24)25)15-7-2-1-3-8-15/h1-5,7-10,17H,6,11-14H2,(H,22,23)(H,24,25). The third kappa shape index (κ3) is 6.55. The van der Waals surface area contributed by atoms with E-state index in [1.165, 1.54) is 12.1 Å². The molecule has 2 aromatic carbocycles. The van der Waals surface area contributed by atoms with E-state index in [2.05, 4.69) is 5.32 Å². The van der Waals surface area contributed by atoms with Crippen molar-refractivity contribution in [3.8, 4) is 5.75 Å². The first kappa shape index (κ1) is 19.4. The predicted octanol–water partition coefficient (Wildman–Crippen LogP) is 3.71. The molecule has 2 N–H and O–H groups in total. The highest BCUT2D eigenvalue weighted by atomic mass is 19.1. The lowest BCUT2D eigenvalue weighted by Crippen LogP contribution is -2.29. The van der Waals surface area contributed by atoms with Crippen molar-refractivity contribution in [2.75, 3.05) is 6.61 Å². The van der Waals surface area contributed by atoms with Crippen LogP contribution in [0.2, 0.25) is 0 Å². The maximum Gasteiger partial charge on any atom is 0.303 e. The van der Waals surface area contributed by atoms with Crippen molar-refractivity contribution >= 4 is 11.9 Å².